The lowest BCUT2D eigenvalue weighted by molar-refractivity contribution is -0.145. The van der Waals surface area contributed by atoms with Gasteiger partial charge < -0.3 is 52.1 Å². The fourth-order valence-corrected chi connectivity index (χ4v) is 2.99. The van der Waals surface area contributed by atoms with Gasteiger partial charge in [0.15, 0.2) is 0 Å². The molecule has 0 radical (unpaired) electrons. The van der Waals surface area contributed by atoms with Crippen LogP contribution in [0.15, 0.2) is 0 Å². The Bertz CT molecular complexity index is 484. The lowest BCUT2D eigenvalue weighted by atomic mass is 10.2. The Morgan fingerprint density at radius 2 is 0.700 bits per heavy atom. The second kappa shape index (κ2) is 36.1. The first-order valence-electron chi connectivity index (χ1n) is 14.7. The van der Waals surface area contributed by atoms with Gasteiger partial charge in [-0.3, -0.25) is 4.79 Å². The molecule has 0 atom stereocenters. The van der Waals surface area contributed by atoms with Crippen LogP contribution >= 0.6 is 0 Å². The molecule has 0 N–H and O–H groups in total. The van der Waals surface area contributed by atoms with Crippen LogP contribution in [0.1, 0.15) is 39.0 Å². The highest BCUT2D eigenvalue weighted by molar-refractivity contribution is 5.69. The van der Waals surface area contributed by atoms with Gasteiger partial charge in [0.2, 0.25) is 0 Å². The van der Waals surface area contributed by atoms with Crippen LogP contribution in [0, 0.1) is 0 Å². The van der Waals surface area contributed by atoms with Gasteiger partial charge in [-0.05, 0) is 6.42 Å². The monoisotopic (exact) mass is 584 g/mol. The lowest BCUT2D eigenvalue weighted by Gasteiger charge is -2.09. The van der Waals surface area contributed by atoms with Gasteiger partial charge in [-0.1, -0.05) is 26.2 Å². The van der Waals surface area contributed by atoms with E-state index in [4.69, 9.17) is 52.1 Å². The van der Waals surface area contributed by atoms with Crippen LogP contribution in [0.4, 0.5) is 0 Å². The zero-order valence-corrected chi connectivity index (χ0v) is 25.1. The van der Waals surface area contributed by atoms with Crippen LogP contribution in [0.25, 0.3) is 0 Å². The Morgan fingerprint density at radius 3 is 1.00 bits per heavy atom. The SMILES string of the molecule is CCCCCCC(=O)OCCOCCOCCOCCOCCOCCOCCOCCOCCOCCOC. The maximum absolute atomic E-state index is 11.5. The Balaban J connectivity index is 3.07. The maximum atomic E-state index is 11.5. The van der Waals surface area contributed by atoms with Crippen molar-refractivity contribution in [2.45, 2.75) is 39.0 Å². The van der Waals surface area contributed by atoms with Crippen LogP contribution in [0.5, 0.6) is 0 Å². The van der Waals surface area contributed by atoms with Gasteiger partial charge in [0.1, 0.15) is 6.61 Å². The van der Waals surface area contributed by atoms with Crippen molar-refractivity contribution >= 4 is 5.97 Å². The van der Waals surface area contributed by atoms with Gasteiger partial charge >= 0.3 is 5.97 Å². The minimum absolute atomic E-state index is 0.150. The quantitative estimate of drug-likeness (QED) is 0.0803. The fourth-order valence-electron chi connectivity index (χ4n) is 2.99. The number of esters is 1. The summed E-state index contributed by atoms with van der Waals surface area (Å²) in [5.74, 6) is -0.150. The number of hydrogen-bond donors (Lipinski definition) is 0. The van der Waals surface area contributed by atoms with E-state index in [0.717, 1.165) is 25.7 Å². The molecule has 12 nitrogen and oxygen atoms in total. The summed E-state index contributed by atoms with van der Waals surface area (Å²) >= 11 is 0. The van der Waals surface area contributed by atoms with Crippen LogP contribution < -0.4 is 0 Å². The van der Waals surface area contributed by atoms with Crippen molar-refractivity contribution in [3.8, 4) is 0 Å². The third kappa shape index (κ3) is 35.1. The molecule has 0 aliphatic rings. The second-order valence-electron chi connectivity index (χ2n) is 8.54. The van der Waals surface area contributed by atoms with E-state index in [9.17, 15) is 4.79 Å². The van der Waals surface area contributed by atoms with Gasteiger partial charge in [0.25, 0.3) is 0 Å². The number of ether oxygens (including phenoxy) is 11. The Hall–Kier alpha value is -0.930. The summed E-state index contributed by atoms with van der Waals surface area (Å²) in [6.45, 7) is 12.1. The summed E-state index contributed by atoms with van der Waals surface area (Å²) in [5.41, 5.74) is 0. The van der Waals surface area contributed by atoms with Crippen LogP contribution in [-0.2, 0) is 56.9 Å². The predicted octanol–water partition coefficient (Wildman–Crippen LogP) is 2.30. The van der Waals surface area contributed by atoms with Crippen LogP contribution in [0.3, 0.4) is 0 Å². The van der Waals surface area contributed by atoms with Gasteiger partial charge in [-0.25, -0.2) is 0 Å². The molecule has 0 fully saturated rings. The Labute approximate surface area is 241 Å². The van der Waals surface area contributed by atoms with Gasteiger partial charge in [0, 0.05) is 13.5 Å². The number of rotatable bonds is 35. The van der Waals surface area contributed by atoms with Crippen molar-refractivity contribution in [1.82, 2.24) is 0 Å². The molecule has 0 aliphatic heterocycles. The molecule has 0 bridgehead atoms. The van der Waals surface area contributed by atoms with Gasteiger partial charge in [-0.15, -0.1) is 0 Å². The molecule has 0 aromatic carbocycles. The lowest BCUT2D eigenvalue weighted by Crippen LogP contribution is -2.15. The first-order chi connectivity index (χ1) is 19.8. The van der Waals surface area contributed by atoms with E-state index < -0.39 is 0 Å². The molecular weight excluding hydrogens is 528 g/mol. The van der Waals surface area contributed by atoms with E-state index in [0.29, 0.717) is 132 Å². The summed E-state index contributed by atoms with van der Waals surface area (Å²) in [5, 5.41) is 0. The van der Waals surface area contributed by atoms with Gasteiger partial charge in [-0.2, -0.15) is 0 Å². The summed E-state index contributed by atoms with van der Waals surface area (Å²) in [6, 6.07) is 0. The molecule has 0 spiro atoms. The largest absolute Gasteiger partial charge is 0.463 e. The molecule has 0 aromatic heterocycles. The standard InChI is InChI=1S/C28H56O12/c1-3-4-5-6-7-28(29)40-27-26-39-25-24-38-23-22-37-21-20-36-19-18-35-17-16-34-15-14-33-13-12-32-11-10-31-9-8-30-2/h3-27H2,1-2H3. The predicted molar refractivity (Wildman–Crippen MR) is 149 cm³/mol. The van der Waals surface area contributed by atoms with E-state index in [1.807, 2.05) is 0 Å². The van der Waals surface area contributed by atoms with E-state index in [-0.39, 0.29) is 12.6 Å². The van der Waals surface area contributed by atoms with Gasteiger partial charge in [0.05, 0.1) is 126 Å². The maximum Gasteiger partial charge on any atom is 0.305 e. The van der Waals surface area contributed by atoms with E-state index in [2.05, 4.69) is 6.92 Å². The highest BCUT2D eigenvalue weighted by Gasteiger charge is 2.02. The highest BCUT2D eigenvalue weighted by atomic mass is 16.6. The summed E-state index contributed by atoms with van der Waals surface area (Å²) < 4.78 is 58.7. The molecule has 0 saturated carbocycles. The molecule has 0 aromatic rings. The van der Waals surface area contributed by atoms with Crippen LogP contribution in [-0.4, -0.2) is 145 Å². The summed E-state index contributed by atoms with van der Waals surface area (Å²) in [6.07, 6.45) is 4.77. The zero-order valence-electron chi connectivity index (χ0n) is 25.1. The second-order valence-corrected chi connectivity index (χ2v) is 8.54. The number of unbranched alkanes of at least 4 members (excludes halogenated alkanes) is 3. The van der Waals surface area contributed by atoms with E-state index in [1.165, 1.54) is 0 Å². The Kier molecular flexibility index (Phi) is 35.3. The molecule has 0 saturated heterocycles. The Morgan fingerprint density at radius 1 is 0.400 bits per heavy atom. The van der Waals surface area contributed by atoms with Crippen molar-refractivity contribution in [1.29, 1.82) is 0 Å². The van der Waals surface area contributed by atoms with Crippen molar-refractivity contribution in [2.75, 3.05) is 139 Å². The first-order valence-corrected chi connectivity index (χ1v) is 14.7. The number of methoxy groups -OCH3 is 1. The smallest absolute Gasteiger partial charge is 0.305 e. The molecule has 0 unspecified atom stereocenters. The summed E-state index contributed by atoms with van der Waals surface area (Å²) in [4.78, 5) is 11.5. The van der Waals surface area contributed by atoms with Crippen molar-refractivity contribution in [3.05, 3.63) is 0 Å². The third-order valence-electron chi connectivity index (χ3n) is 5.13. The van der Waals surface area contributed by atoms with Crippen molar-refractivity contribution in [2.24, 2.45) is 0 Å². The topological polar surface area (TPSA) is 119 Å². The number of carbonyl (C=O) groups is 1. The molecule has 40 heavy (non-hydrogen) atoms. The summed E-state index contributed by atoms with van der Waals surface area (Å²) in [7, 11) is 1.64. The van der Waals surface area contributed by atoms with E-state index >= 15 is 0 Å². The van der Waals surface area contributed by atoms with Crippen molar-refractivity contribution < 1.29 is 56.9 Å². The molecule has 0 heterocycles. The zero-order chi connectivity index (χ0) is 29.0. The highest BCUT2D eigenvalue weighted by Crippen LogP contribution is 2.03. The molecule has 0 amide bonds. The fraction of sp³-hybridized carbons (Fsp3) is 0.964. The van der Waals surface area contributed by atoms with E-state index in [1.54, 1.807) is 7.11 Å². The first kappa shape index (κ1) is 39.1. The molecule has 240 valence electrons. The van der Waals surface area contributed by atoms with Crippen LogP contribution in [0.2, 0.25) is 0 Å². The molecule has 0 rings (SSSR count). The normalized spacial score (nSPS) is 11.3. The molecular formula is C28H56O12. The average Bonchev–Trinajstić information content (AvgIpc) is 2.96. The number of hydrogen-bond acceptors (Lipinski definition) is 12. The van der Waals surface area contributed by atoms with Crippen molar-refractivity contribution in [3.63, 3.8) is 0 Å². The minimum atomic E-state index is -0.150. The third-order valence-corrected chi connectivity index (χ3v) is 5.13. The minimum Gasteiger partial charge on any atom is -0.463 e. The molecule has 12 heteroatoms. The molecule has 0 aliphatic carbocycles. The average molecular weight is 585 g/mol. The number of carbonyl (C=O) groups excluding carboxylic acids is 1.